The van der Waals surface area contributed by atoms with Crippen LogP contribution in [0.5, 0.6) is 0 Å². The predicted octanol–water partition coefficient (Wildman–Crippen LogP) is 1.11. The van der Waals surface area contributed by atoms with Gasteiger partial charge in [0, 0.05) is 0 Å². The van der Waals surface area contributed by atoms with Crippen molar-refractivity contribution in [3.05, 3.63) is 16.6 Å². The highest BCUT2D eigenvalue weighted by Gasteiger charge is 2.02. The molecule has 3 nitrogen and oxygen atoms in total. The number of nitrogens with two attached hydrogens (primary N) is 1. The Morgan fingerprint density at radius 3 is 2.56 bits per heavy atom. The molecular formula is C4H5Cl2N3. The monoisotopic (exact) mass is 165 g/mol. The SMILES string of the molecule is NCn1cnc(Cl)c1Cl. The molecular weight excluding hydrogens is 161 g/mol. The molecule has 0 amide bonds. The van der Waals surface area contributed by atoms with Gasteiger partial charge in [-0.1, -0.05) is 23.2 Å². The van der Waals surface area contributed by atoms with Crippen LogP contribution in [-0.4, -0.2) is 9.55 Å². The number of hydrogen-bond acceptors (Lipinski definition) is 2. The molecule has 1 heterocycles. The Balaban J connectivity index is 3.04. The lowest BCUT2D eigenvalue weighted by Crippen LogP contribution is -2.04. The minimum atomic E-state index is 0.294. The molecule has 0 aliphatic heterocycles. The summed E-state index contributed by atoms with van der Waals surface area (Å²) in [6, 6.07) is 0. The summed E-state index contributed by atoms with van der Waals surface area (Å²) in [6.45, 7) is 0.304. The van der Waals surface area contributed by atoms with Gasteiger partial charge in [-0.25, -0.2) is 4.98 Å². The van der Waals surface area contributed by atoms with E-state index in [1.54, 1.807) is 4.57 Å². The van der Waals surface area contributed by atoms with Crippen molar-refractivity contribution in [3.63, 3.8) is 0 Å². The largest absolute Gasteiger partial charge is 0.314 e. The lowest BCUT2D eigenvalue weighted by molar-refractivity contribution is 0.732. The second kappa shape index (κ2) is 2.56. The Kier molecular flexibility index (Phi) is 1.95. The molecule has 9 heavy (non-hydrogen) atoms. The van der Waals surface area contributed by atoms with Gasteiger partial charge in [-0.2, -0.15) is 0 Å². The van der Waals surface area contributed by atoms with Crippen molar-refractivity contribution >= 4 is 23.2 Å². The van der Waals surface area contributed by atoms with Gasteiger partial charge in [0.05, 0.1) is 13.0 Å². The fraction of sp³-hybridized carbons (Fsp3) is 0.250. The molecule has 1 aromatic rings. The standard InChI is InChI=1S/C4H5Cl2N3/c5-3-4(6)9(1-7)2-8-3/h2H,1,7H2. The third-order valence-corrected chi connectivity index (χ3v) is 1.70. The third kappa shape index (κ3) is 1.18. The number of rotatable bonds is 1. The van der Waals surface area contributed by atoms with E-state index in [2.05, 4.69) is 4.98 Å². The maximum Gasteiger partial charge on any atom is 0.166 e. The van der Waals surface area contributed by atoms with Crippen LogP contribution in [0.1, 0.15) is 0 Å². The number of imidazole rings is 1. The van der Waals surface area contributed by atoms with E-state index in [-0.39, 0.29) is 0 Å². The minimum Gasteiger partial charge on any atom is -0.314 e. The fourth-order valence-electron chi connectivity index (χ4n) is 0.470. The summed E-state index contributed by atoms with van der Waals surface area (Å²) >= 11 is 11.1. The third-order valence-electron chi connectivity index (χ3n) is 0.930. The Labute approximate surface area is 62.4 Å². The van der Waals surface area contributed by atoms with E-state index < -0.39 is 0 Å². The number of halogens is 2. The summed E-state index contributed by atoms with van der Waals surface area (Å²) in [6.07, 6.45) is 1.49. The molecule has 0 aliphatic carbocycles. The first-order valence-electron chi connectivity index (χ1n) is 2.32. The van der Waals surface area contributed by atoms with Gasteiger partial charge in [0.25, 0.3) is 0 Å². The van der Waals surface area contributed by atoms with Crippen molar-refractivity contribution in [2.24, 2.45) is 5.73 Å². The quantitative estimate of drug-likeness (QED) is 0.678. The summed E-state index contributed by atoms with van der Waals surface area (Å²) in [4.78, 5) is 3.70. The van der Waals surface area contributed by atoms with Gasteiger partial charge >= 0.3 is 0 Å². The molecule has 0 atom stereocenters. The molecule has 0 unspecified atom stereocenters. The zero-order valence-electron chi connectivity index (χ0n) is 4.51. The topological polar surface area (TPSA) is 43.8 Å². The van der Waals surface area contributed by atoms with Crippen LogP contribution in [0.2, 0.25) is 10.3 Å². The van der Waals surface area contributed by atoms with Gasteiger partial charge in [-0.05, 0) is 0 Å². The number of aromatic nitrogens is 2. The van der Waals surface area contributed by atoms with Crippen molar-refractivity contribution in [1.29, 1.82) is 0 Å². The summed E-state index contributed by atoms with van der Waals surface area (Å²) in [7, 11) is 0. The van der Waals surface area contributed by atoms with E-state index in [1.165, 1.54) is 6.33 Å². The highest BCUT2D eigenvalue weighted by molar-refractivity contribution is 6.40. The van der Waals surface area contributed by atoms with Crippen molar-refractivity contribution in [1.82, 2.24) is 9.55 Å². The van der Waals surface area contributed by atoms with E-state index in [1.807, 2.05) is 0 Å². The Hall–Kier alpha value is -0.250. The molecule has 5 heteroatoms. The molecule has 0 bridgehead atoms. The molecule has 0 radical (unpaired) electrons. The van der Waals surface area contributed by atoms with E-state index in [0.29, 0.717) is 17.0 Å². The molecule has 1 rings (SSSR count). The fourth-order valence-corrected chi connectivity index (χ4v) is 0.784. The summed E-state index contributed by atoms with van der Waals surface area (Å²) in [5, 5.41) is 0.682. The van der Waals surface area contributed by atoms with Crippen LogP contribution in [-0.2, 0) is 6.67 Å². The Bertz CT molecular complexity index is 208. The lowest BCUT2D eigenvalue weighted by atomic mass is 10.9. The molecule has 0 saturated heterocycles. The van der Waals surface area contributed by atoms with Crippen LogP contribution in [0.25, 0.3) is 0 Å². The van der Waals surface area contributed by atoms with E-state index >= 15 is 0 Å². The van der Waals surface area contributed by atoms with Crippen molar-refractivity contribution in [2.75, 3.05) is 0 Å². The first-order valence-corrected chi connectivity index (χ1v) is 3.07. The average molecular weight is 166 g/mol. The minimum absolute atomic E-state index is 0.294. The highest BCUT2D eigenvalue weighted by atomic mass is 35.5. The van der Waals surface area contributed by atoms with E-state index in [9.17, 15) is 0 Å². The van der Waals surface area contributed by atoms with Crippen molar-refractivity contribution in [2.45, 2.75) is 6.67 Å². The zero-order chi connectivity index (χ0) is 6.85. The highest BCUT2D eigenvalue weighted by Crippen LogP contribution is 2.18. The summed E-state index contributed by atoms with van der Waals surface area (Å²) in [5.41, 5.74) is 5.24. The van der Waals surface area contributed by atoms with Crippen LogP contribution in [0.3, 0.4) is 0 Å². The predicted molar refractivity (Wildman–Crippen MR) is 36.4 cm³/mol. The van der Waals surface area contributed by atoms with Crippen LogP contribution in [0.15, 0.2) is 6.33 Å². The van der Waals surface area contributed by atoms with Crippen LogP contribution in [0.4, 0.5) is 0 Å². The second-order valence-electron chi connectivity index (χ2n) is 1.48. The second-order valence-corrected chi connectivity index (χ2v) is 2.19. The molecule has 1 aromatic heterocycles. The maximum atomic E-state index is 5.60. The summed E-state index contributed by atoms with van der Waals surface area (Å²) in [5.74, 6) is 0. The van der Waals surface area contributed by atoms with Crippen LogP contribution < -0.4 is 5.73 Å². The van der Waals surface area contributed by atoms with E-state index in [4.69, 9.17) is 28.9 Å². The molecule has 50 valence electrons. The number of nitrogens with zero attached hydrogens (tertiary/aromatic N) is 2. The van der Waals surface area contributed by atoms with E-state index in [0.717, 1.165) is 0 Å². The first-order chi connectivity index (χ1) is 4.25. The van der Waals surface area contributed by atoms with Gasteiger partial charge in [-0.3, -0.25) is 0 Å². The van der Waals surface area contributed by atoms with Crippen molar-refractivity contribution < 1.29 is 0 Å². The number of hydrogen-bond donors (Lipinski definition) is 1. The van der Waals surface area contributed by atoms with Gasteiger partial charge in [0.2, 0.25) is 0 Å². The molecule has 0 fully saturated rings. The Morgan fingerprint density at radius 2 is 2.33 bits per heavy atom. The normalized spacial score (nSPS) is 10.1. The lowest BCUT2D eigenvalue weighted by Gasteiger charge is -1.94. The van der Waals surface area contributed by atoms with Gasteiger partial charge in [-0.15, -0.1) is 0 Å². The molecule has 0 aliphatic rings. The maximum absolute atomic E-state index is 5.60. The molecule has 0 spiro atoms. The molecule has 2 N–H and O–H groups in total. The van der Waals surface area contributed by atoms with Crippen LogP contribution in [0, 0.1) is 0 Å². The van der Waals surface area contributed by atoms with Gasteiger partial charge in [0.15, 0.2) is 5.15 Å². The molecule has 0 saturated carbocycles. The first kappa shape index (κ1) is 6.86. The zero-order valence-corrected chi connectivity index (χ0v) is 6.02. The Morgan fingerprint density at radius 1 is 1.67 bits per heavy atom. The molecule has 0 aromatic carbocycles. The van der Waals surface area contributed by atoms with Crippen LogP contribution >= 0.6 is 23.2 Å². The summed E-state index contributed by atoms with van der Waals surface area (Å²) < 4.78 is 1.55. The van der Waals surface area contributed by atoms with Gasteiger partial charge in [0.1, 0.15) is 5.15 Å². The van der Waals surface area contributed by atoms with Crippen molar-refractivity contribution in [3.8, 4) is 0 Å². The smallest absolute Gasteiger partial charge is 0.166 e. The average Bonchev–Trinajstić information content (AvgIpc) is 2.15. The van der Waals surface area contributed by atoms with Gasteiger partial charge < -0.3 is 10.3 Å².